The highest BCUT2D eigenvalue weighted by Crippen LogP contribution is 2.31. The maximum Gasteiger partial charge on any atom is 0.407 e. The number of carbonyl (C=O) groups is 2. The molecular formula is C30H33N3O6S. The number of pyridine rings is 1. The van der Waals surface area contributed by atoms with E-state index in [0.29, 0.717) is 28.5 Å². The summed E-state index contributed by atoms with van der Waals surface area (Å²) in [6, 6.07) is 18.4. The predicted molar refractivity (Wildman–Crippen MR) is 153 cm³/mol. The molecule has 0 aliphatic carbocycles. The Morgan fingerprint density at radius 2 is 1.73 bits per heavy atom. The van der Waals surface area contributed by atoms with Crippen molar-refractivity contribution in [2.24, 2.45) is 5.92 Å². The van der Waals surface area contributed by atoms with Crippen molar-refractivity contribution in [3.63, 3.8) is 0 Å². The maximum atomic E-state index is 13.2. The number of aromatic nitrogens is 2. The van der Waals surface area contributed by atoms with Crippen LogP contribution in [0.3, 0.4) is 0 Å². The number of rotatable bonds is 9. The molecule has 9 nitrogen and oxygen atoms in total. The summed E-state index contributed by atoms with van der Waals surface area (Å²) >= 11 is 0. The van der Waals surface area contributed by atoms with Crippen molar-refractivity contribution >= 4 is 34.1 Å². The van der Waals surface area contributed by atoms with Crippen molar-refractivity contribution < 1.29 is 28.0 Å². The Morgan fingerprint density at radius 1 is 1.02 bits per heavy atom. The number of aryl methyl sites for hydroxylation is 1. The van der Waals surface area contributed by atoms with Gasteiger partial charge in [0.1, 0.15) is 17.1 Å². The number of nitrogens with one attached hydrogen (secondary N) is 1. The van der Waals surface area contributed by atoms with E-state index in [1.807, 2.05) is 49.4 Å². The lowest BCUT2D eigenvalue weighted by molar-refractivity contribution is -0.145. The van der Waals surface area contributed by atoms with Crippen molar-refractivity contribution in [2.45, 2.75) is 44.6 Å². The van der Waals surface area contributed by atoms with Crippen molar-refractivity contribution in [3.05, 3.63) is 84.2 Å². The molecule has 2 heterocycles. The first-order valence-corrected chi connectivity index (χ1v) is 13.9. The van der Waals surface area contributed by atoms with Gasteiger partial charge in [0.05, 0.1) is 23.3 Å². The summed E-state index contributed by atoms with van der Waals surface area (Å²) in [5.41, 5.74) is 1.87. The average molecular weight is 564 g/mol. The summed E-state index contributed by atoms with van der Waals surface area (Å²) < 4.78 is 31.1. The molecule has 0 fully saturated rings. The molecule has 4 aromatic rings. The third-order valence-corrected chi connectivity index (χ3v) is 7.30. The minimum Gasteiger partial charge on any atom is -0.469 e. The molecule has 1 amide bonds. The first kappa shape index (κ1) is 28.8. The van der Waals surface area contributed by atoms with Crippen LogP contribution in [0, 0.1) is 12.8 Å². The van der Waals surface area contributed by atoms with Crippen LogP contribution < -0.4 is 10.1 Å². The number of methoxy groups -OCH3 is 1. The lowest BCUT2D eigenvalue weighted by Crippen LogP contribution is -2.38. The van der Waals surface area contributed by atoms with Gasteiger partial charge in [-0.15, -0.1) is 0 Å². The lowest BCUT2D eigenvalue weighted by atomic mass is 9.99. The molecule has 0 bridgehead atoms. The highest BCUT2D eigenvalue weighted by atomic mass is 32.2. The van der Waals surface area contributed by atoms with Crippen LogP contribution in [0.1, 0.15) is 31.9 Å². The number of benzene rings is 2. The van der Waals surface area contributed by atoms with Gasteiger partial charge in [-0.1, -0.05) is 29.8 Å². The Bertz CT molecular complexity index is 1510. The van der Waals surface area contributed by atoms with Gasteiger partial charge in [-0.25, -0.2) is 18.0 Å². The third kappa shape index (κ3) is 7.26. The van der Waals surface area contributed by atoms with Gasteiger partial charge in [-0.05, 0) is 76.1 Å². The van der Waals surface area contributed by atoms with Crippen LogP contribution in [-0.4, -0.2) is 44.5 Å². The summed E-state index contributed by atoms with van der Waals surface area (Å²) in [4.78, 5) is 29.5. The van der Waals surface area contributed by atoms with E-state index >= 15 is 0 Å². The van der Waals surface area contributed by atoms with Gasteiger partial charge in [0.25, 0.3) is 0 Å². The highest BCUT2D eigenvalue weighted by Gasteiger charge is 2.23. The molecule has 0 aliphatic rings. The molecule has 4 rings (SSSR count). The largest absolute Gasteiger partial charge is 0.469 e. The first-order valence-electron chi connectivity index (χ1n) is 12.8. The molecule has 2 aromatic heterocycles. The highest BCUT2D eigenvalue weighted by molar-refractivity contribution is 7.83. The molecule has 10 heteroatoms. The van der Waals surface area contributed by atoms with E-state index in [1.165, 1.54) is 7.11 Å². The monoisotopic (exact) mass is 563 g/mol. The molecule has 2 atom stereocenters. The Morgan fingerprint density at radius 3 is 2.38 bits per heavy atom. The van der Waals surface area contributed by atoms with Crippen LogP contribution in [0.5, 0.6) is 11.5 Å². The standard InChI is InChI=1S/C30H33N3O6S/c1-20-6-12-24(13-7-20)40(36)33-17-15-25-26(14-16-31-27(25)33)38-23-10-8-21(9-11-23)18-22(28(34)37-5)19-32-29(35)39-30(2,3)4/h6-17,22H,18-19H2,1-5H3,(H,32,35). The summed E-state index contributed by atoms with van der Waals surface area (Å²) in [6.07, 6.45) is 3.12. The SMILES string of the molecule is COC(=O)C(CNC(=O)OC(C)(C)C)Cc1ccc(Oc2ccnc3c2ccn3S(=O)c2ccc(C)cc2)cc1. The summed E-state index contributed by atoms with van der Waals surface area (Å²) in [5, 5.41) is 3.37. The zero-order valence-corrected chi connectivity index (χ0v) is 24.0. The van der Waals surface area contributed by atoms with E-state index in [2.05, 4.69) is 10.3 Å². The lowest BCUT2D eigenvalue weighted by Gasteiger charge is -2.21. The van der Waals surface area contributed by atoms with Gasteiger partial charge in [0, 0.05) is 18.9 Å². The summed E-state index contributed by atoms with van der Waals surface area (Å²) in [7, 11) is -0.132. The van der Waals surface area contributed by atoms with Gasteiger partial charge in [-0.3, -0.25) is 4.79 Å². The second-order valence-electron chi connectivity index (χ2n) is 10.3. The van der Waals surface area contributed by atoms with Gasteiger partial charge in [0.15, 0.2) is 16.6 Å². The van der Waals surface area contributed by atoms with Gasteiger partial charge in [0.2, 0.25) is 0 Å². The summed E-state index contributed by atoms with van der Waals surface area (Å²) in [5.74, 6) is 0.151. The van der Waals surface area contributed by atoms with E-state index in [1.54, 1.807) is 55.3 Å². The van der Waals surface area contributed by atoms with Crippen LogP contribution >= 0.6 is 0 Å². The Balaban J connectivity index is 1.45. The molecule has 0 saturated heterocycles. The number of fused-ring (bicyclic) bond motifs is 1. The number of carbonyl (C=O) groups excluding carboxylic acids is 2. The third-order valence-electron chi connectivity index (χ3n) is 5.98. The topological polar surface area (TPSA) is 109 Å². The van der Waals surface area contributed by atoms with Crippen molar-refractivity contribution in [1.82, 2.24) is 14.3 Å². The molecule has 0 aliphatic heterocycles. The number of amides is 1. The van der Waals surface area contributed by atoms with Crippen molar-refractivity contribution in [2.75, 3.05) is 13.7 Å². The second-order valence-corrected chi connectivity index (χ2v) is 11.7. The fourth-order valence-corrected chi connectivity index (χ4v) is 5.08. The number of nitrogens with zero attached hydrogens (tertiary/aromatic N) is 2. The number of ether oxygens (including phenoxy) is 3. The number of hydrogen-bond acceptors (Lipinski definition) is 7. The molecule has 2 unspecified atom stereocenters. The van der Waals surface area contributed by atoms with Crippen LogP contribution in [0.25, 0.3) is 11.0 Å². The zero-order chi connectivity index (χ0) is 28.9. The number of alkyl carbamates (subject to hydrolysis) is 1. The van der Waals surface area contributed by atoms with Gasteiger partial charge in [-0.2, -0.15) is 0 Å². The normalized spacial score (nSPS) is 12.9. The van der Waals surface area contributed by atoms with Crippen LogP contribution in [0.4, 0.5) is 4.79 Å². The van der Waals surface area contributed by atoms with Crippen molar-refractivity contribution in [1.29, 1.82) is 0 Å². The molecule has 40 heavy (non-hydrogen) atoms. The molecule has 1 N–H and O–H groups in total. The Kier molecular flexibility index (Phi) is 8.89. The van der Waals surface area contributed by atoms with Gasteiger partial charge < -0.3 is 19.5 Å². The van der Waals surface area contributed by atoms with E-state index in [-0.39, 0.29) is 6.54 Å². The quantitative estimate of drug-likeness (QED) is 0.265. The van der Waals surface area contributed by atoms with E-state index in [4.69, 9.17) is 14.2 Å². The van der Waals surface area contributed by atoms with Crippen LogP contribution in [-0.2, 0) is 31.7 Å². The Hall–Kier alpha value is -4.18. The van der Waals surface area contributed by atoms with Gasteiger partial charge >= 0.3 is 12.1 Å². The fraction of sp³-hybridized carbons (Fsp3) is 0.300. The fourth-order valence-electron chi connectivity index (χ4n) is 4.01. The Labute approximate surface area is 236 Å². The second kappa shape index (κ2) is 12.3. The number of esters is 1. The maximum absolute atomic E-state index is 13.2. The zero-order valence-electron chi connectivity index (χ0n) is 23.2. The average Bonchev–Trinajstić information content (AvgIpc) is 3.36. The van der Waals surface area contributed by atoms with Crippen LogP contribution in [0.2, 0.25) is 0 Å². The minimum atomic E-state index is -1.45. The molecule has 2 aromatic carbocycles. The molecule has 0 radical (unpaired) electrons. The molecule has 0 saturated carbocycles. The van der Waals surface area contributed by atoms with E-state index < -0.39 is 34.6 Å². The molecule has 210 valence electrons. The number of hydrogen-bond donors (Lipinski definition) is 1. The first-order chi connectivity index (χ1) is 19.0. The smallest absolute Gasteiger partial charge is 0.407 e. The van der Waals surface area contributed by atoms with E-state index in [0.717, 1.165) is 16.5 Å². The predicted octanol–water partition coefficient (Wildman–Crippen LogP) is 5.56. The minimum absolute atomic E-state index is 0.0792. The summed E-state index contributed by atoms with van der Waals surface area (Å²) in [6.45, 7) is 7.37. The van der Waals surface area contributed by atoms with Crippen LogP contribution in [0.15, 0.2) is 78.0 Å². The van der Waals surface area contributed by atoms with E-state index in [9.17, 15) is 13.8 Å². The molecule has 0 spiro atoms. The molecular weight excluding hydrogens is 530 g/mol. The van der Waals surface area contributed by atoms with Crippen molar-refractivity contribution in [3.8, 4) is 11.5 Å².